The predicted octanol–water partition coefficient (Wildman–Crippen LogP) is 4.56. The second-order valence-electron chi connectivity index (χ2n) is 7.00. The fraction of sp³-hybridized carbons (Fsp3) is 0.650. The lowest BCUT2D eigenvalue weighted by Crippen LogP contribution is -2.32. The summed E-state index contributed by atoms with van der Waals surface area (Å²) in [4.78, 5) is 12.4. The molecule has 1 heterocycles. The van der Waals surface area contributed by atoms with Gasteiger partial charge in [0.25, 0.3) is 0 Å². The number of carbonyl (C=O) groups excluding carboxylic acids is 1. The Bertz CT molecular complexity index is 530. The molecule has 1 aliphatic heterocycles. The van der Waals surface area contributed by atoms with E-state index in [-0.39, 0.29) is 18.3 Å². The topological polar surface area (TPSA) is 50.4 Å². The molecule has 1 amide bonds. The van der Waals surface area contributed by atoms with E-state index in [9.17, 15) is 4.79 Å². The van der Waals surface area contributed by atoms with Gasteiger partial charge in [-0.05, 0) is 74.9 Å². The molecule has 0 radical (unpaired) electrons. The van der Waals surface area contributed by atoms with Gasteiger partial charge in [-0.3, -0.25) is 4.79 Å². The van der Waals surface area contributed by atoms with Crippen LogP contribution >= 0.6 is 12.4 Å². The van der Waals surface area contributed by atoms with Crippen molar-refractivity contribution in [3.05, 3.63) is 23.8 Å². The van der Waals surface area contributed by atoms with Crippen molar-refractivity contribution in [1.82, 2.24) is 5.32 Å². The molecular weight excluding hydrogens is 336 g/mol. The van der Waals surface area contributed by atoms with Gasteiger partial charge in [0.05, 0.1) is 6.61 Å². The summed E-state index contributed by atoms with van der Waals surface area (Å²) in [5.74, 6) is 2.09. The number of unbranched alkanes of at least 4 members (excludes halogenated alkanes) is 1. The lowest BCUT2D eigenvalue weighted by atomic mass is 9.84. The molecule has 0 saturated carbocycles. The van der Waals surface area contributed by atoms with E-state index in [0.717, 1.165) is 49.5 Å². The number of amides is 1. The molecule has 1 fully saturated rings. The number of piperidine rings is 1. The van der Waals surface area contributed by atoms with Crippen LogP contribution in [0.2, 0.25) is 0 Å². The number of aryl methyl sites for hydroxylation is 1. The van der Waals surface area contributed by atoms with Gasteiger partial charge in [0.2, 0.25) is 5.91 Å². The van der Waals surface area contributed by atoms with Crippen molar-refractivity contribution in [2.45, 2.75) is 52.9 Å². The zero-order valence-electron chi connectivity index (χ0n) is 15.8. The number of rotatable bonds is 8. The van der Waals surface area contributed by atoms with Crippen LogP contribution in [0.15, 0.2) is 18.2 Å². The maximum atomic E-state index is 12.4. The van der Waals surface area contributed by atoms with Crippen molar-refractivity contribution in [3.63, 3.8) is 0 Å². The number of halogens is 1. The molecular formula is C20H33ClN2O2. The fourth-order valence-corrected chi connectivity index (χ4v) is 3.27. The summed E-state index contributed by atoms with van der Waals surface area (Å²) in [6, 6.07) is 5.89. The Balaban J connectivity index is 0.00000312. The second-order valence-corrected chi connectivity index (χ2v) is 7.00. The first kappa shape index (κ1) is 21.8. The number of anilines is 1. The molecule has 0 bridgehead atoms. The van der Waals surface area contributed by atoms with Crippen molar-refractivity contribution >= 4 is 24.0 Å². The van der Waals surface area contributed by atoms with Gasteiger partial charge in [0, 0.05) is 12.1 Å². The molecule has 1 aromatic rings. The number of nitrogens with one attached hydrogen (secondary N) is 2. The van der Waals surface area contributed by atoms with E-state index in [1.54, 1.807) is 0 Å². The summed E-state index contributed by atoms with van der Waals surface area (Å²) in [6.45, 7) is 9.27. The third-order valence-corrected chi connectivity index (χ3v) is 4.93. The van der Waals surface area contributed by atoms with Gasteiger partial charge in [-0.15, -0.1) is 12.4 Å². The summed E-state index contributed by atoms with van der Waals surface area (Å²) < 4.78 is 5.71. The largest absolute Gasteiger partial charge is 0.494 e. The summed E-state index contributed by atoms with van der Waals surface area (Å²) in [5.41, 5.74) is 1.94. The van der Waals surface area contributed by atoms with Crippen LogP contribution in [0.4, 0.5) is 5.69 Å². The highest BCUT2D eigenvalue weighted by Gasteiger charge is 2.22. The molecule has 142 valence electrons. The average Bonchev–Trinajstić information content (AvgIpc) is 2.58. The predicted molar refractivity (Wildman–Crippen MR) is 107 cm³/mol. The summed E-state index contributed by atoms with van der Waals surface area (Å²) in [5, 5.41) is 6.45. The highest BCUT2D eigenvalue weighted by atomic mass is 35.5. The molecule has 1 aliphatic rings. The zero-order chi connectivity index (χ0) is 17.4. The molecule has 1 aromatic carbocycles. The molecule has 0 aliphatic carbocycles. The van der Waals surface area contributed by atoms with E-state index in [1.165, 1.54) is 12.8 Å². The van der Waals surface area contributed by atoms with E-state index in [1.807, 2.05) is 25.1 Å². The van der Waals surface area contributed by atoms with Gasteiger partial charge in [0.1, 0.15) is 5.75 Å². The molecule has 25 heavy (non-hydrogen) atoms. The van der Waals surface area contributed by atoms with Crippen molar-refractivity contribution in [1.29, 1.82) is 0 Å². The highest BCUT2D eigenvalue weighted by Crippen LogP contribution is 2.26. The van der Waals surface area contributed by atoms with E-state index in [2.05, 4.69) is 24.5 Å². The first-order valence-corrected chi connectivity index (χ1v) is 9.34. The van der Waals surface area contributed by atoms with Gasteiger partial charge in [-0.1, -0.05) is 20.3 Å². The lowest BCUT2D eigenvalue weighted by Gasteiger charge is -2.28. The summed E-state index contributed by atoms with van der Waals surface area (Å²) in [6.07, 6.45) is 5.14. The minimum absolute atomic E-state index is 0. The van der Waals surface area contributed by atoms with E-state index < -0.39 is 0 Å². The first-order valence-electron chi connectivity index (χ1n) is 9.34. The molecule has 0 aromatic heterocycles. The molecule has 4 nitrogen and oxygen atoms in total. The molecule has 2 rings (SSSR count). The smallest absolute Gasteiger partial charge is 0.224 e. The SMILES string of the molecule is CCCCOc1ccc(NC(=O)CC(C)C2CCNCC2)c(C)c1.Cl. The van der Waals surface area contributed by atoms with Crippen molar-refractivity contribution < 1.29 is 9.53 Å². The van der Waals surface area contributed by atoms with Gasteiger partial charge in [0.15, 0.2) is 0 Å². The molecule has 2 N–H and O–H groups in total. The normalized spacial score (nSPS) is 16.0. The Morgan fingerprint density at radius 2 is 2.08 bits per heavy atom. The fourth-order valence-electron chi connectivity index (χ4n) is 3.27. The van der Waals surface area contributed by atoms with Crippen LogP contribution in [-0.2, 0) is 4.79 Å². The number of hydrogen-bond acceptors (Lipinski definition) is 3. The van der Waals surface area contributed by atoms with Crippen molar-refractivity contribution in [2.24, 2.45) is 11.8 Å². The minimum atomic E-state index is 0. The first-order chi connectivity index (χ1) is 11.6. The highest BCUT2D eigenvalue weighted by molar-refractivity contribution is 5.91. The van der Waals surface area contributed by atoms with Gasteiger partial charge >= 0.3 is 0 Å². The van der Waals surface area contributed by atoms with Crippen LogP contribution < -0.4 is 15.4 Å². The number of ether oxygens (including phenoxy) is 1. The van der Waals surface area contributed by atoms with E-state index >= 15 is 0 Å². The number of benzene rings is 1. The molecule has 0 spiro atoms. The molecule has 1 saturated heterocycles. The Kier molecular flexibility index (Phi) is 9.91. The van der Waals surface area contributed by atoms with Crippen LogP contribution in [0.1, 0.15) is 51.5 Å². The van der Waals surface area contributed by atoms with E-state index in [0.29, 0.717) is 18.3 Å². The van der Waals surface area contributed by atoms with Gasteiger partial charge < -0.3 is 15.4 Å². The number of hydrogen-bond donors (Lipinski definition) is 2. The minimum Gasteiger partial charge on any atom is -0.494 e. The maximum absolute atomic E-state index is 12.4. The quantitative estimate of drug-likeness (QED) is 0.661. The third kappa shape index (κ3) is 7.25. The monoisotopic (exact) mass is 368 g/mol. The van der Waals surface area contributed by atoms with Crippen molar-refractivity contribution in [3.8, 4) is 5.75 Å². The molecule has 5 heteroatoms. The third-order valence-electron chi connectivity index (χ3n) is 4.93. The Labute approximate surface area is 158 Å². The van der Waals surface area contributed by atoms with Crippen LogP contribution in [0.25, 0.3) is 0 Å². The average molecular weight is 369 g/mol. The Hall–Kier alpha value is -1.26. The zero-order valence-corrected chi connectivity index (χ0v) is 16.6. The van der Waals surface area contributed by atoms with Crippen LogP contribution in [-0.4, -0.2) is 25.6 Å². The molecule has 1 unspecified atom stereocenters. The summed E-state index contributed by atoms with van der Waals surface area (Å²) >= 11 is 0. The van der Waals surface area contributed by atoms with Crippen LogP contribution in [0.3, 0.4) is 0 Å². The van der Waals surface area contributed by atoms with Crippen LogP contribution in [0.5, 0.6) is 5.75 Å². The van der Waals surface area contributed by atoms with E-state index in [4.69, 9.17) is 4.74 Å². The van der Waals surface area contributed by atoms with Gasteiger partial charge in [-0.25, -0.2) is 0 Å². The number of carbonyl (C=O) groups is 1. The Morgan fingerprint density at radius 3 is 2.72 bits per heavy atom. The Morgan fingerprint density at radius 1 is 1.36 bits per heavy atom. The second kappa shape index (κ2) is 11.4. The lowest BCUT2D eigenvalue weighted by molar-refractivity contribution is -0.117. The van der Waals surface area contributed by atoms with Gasteiger partial charge in [-0.2, -0.15) is 0 Å². The molecule has 1 atom stereocenters. The maximum Gasteiger partial charge on any atom is 0.224 e. The van der Waals surface area contributed by atoms with Crippen LogP contribution in [0, 0.1) is 18.8 Å². The standard InChI is InChI=1S/C20H32N2O2.ClH/c1-4-5-12-24-18-6-7-19(16(3)13-18)22-20(23)14-15(2)17-8-10-21-11-9-17;/h6-7,13,15,17,21H,4-5,8-12,14H2,1-3H3,(H,22,23);1H. The summed E-state index contributed by atoms with van der Waals surface area (Å²) in [7, 11) is 0. The van der Waals surface area contributed by atoms with Crippen molar-refractivity contribution in [2.75, 3.05) is 25.0 Å².